The number of halogens is 1. The highest BCUT2D eigenvalue weighted by Gasteiger charge is 2.20. The summed E-state index contributed by atoms with van der Waals surface area (Å²) in [6, 6.07) is 0. The standard InChI is InChI=1S/C17H35NO.BrH/c1-18(2)15-13-11-9-7-5-3-4-6-8-10-12-14-17-16-19-17;/h17H,3-16H2,1-2H3;1H. The van der Waals surface area contributed by atoms with Crippen LogP contribution in [0.4, 0.5) is 0 Å². The van der Waals surface area contributed by atoms with Crippen molar-refractivity contribution in [3.05, 3.63) is 0 Å². The van der Waals surface area contributed by atoms with Crippen molar-refractivity contribution in [3.8, 4) is 0 Å². The lowest BCUT2D eigenvalue weighted by atomic mass is 10.0. The molecule has 0 radical (unpaired) electrons. The van der Waals surface area contributed by atoms with E-state index in [-0.39, 0.29) is 17.0 Å². The van der Waals surface area contributed by atoms with Gasteiger partial charge in [-0.05, 0) is 19.3 Å². The highest BCUT2D eigenvalue weighted by molar-refractivity contribution is 4.68. The minimum atomic E-state index is 0. The molecule has 0 bridgehead atoms. The number of epoxide rings is 1. The van der Waals surface area contributed by atoms with Gasteiger partial charge in [0.05, 0.1) is 33.4 Å². The van der Waals surface area contributed by atoms with Crippen molar-refractivity contribution in [1.82, 2.24) is 0 Å². The molecular formula is C17H36BrNO. The lowest BCUT2D eigenvalue weighted by Crippen LogP contribution is -3.05. The van der Waals surface area contributed by atoms with E-state index in [9.17, 15) is 0 Å². The first kappa shape index (κ1) is 20.4. The Labute approximate surface area is 137 Å². The number of rotatable bonds is 14. The maximum absolute atomic E-state index is 5.22. The van der Waals surface area contributed by atoms with E-state index >= 15 is 0 Å². The molecule has 20 heavy (non-hydrogen) atoms. The van der Waals surface area contributed by atoms with E-state index < -0.39 is 0 Å². The Morgan fingerprint density at radius 1 is 0.750 bits per heavy atom. The van der Waals surface area contributed by atoms with Gasteiger partial charge in [0.2, 0.25) is 0 Å². The molecule has 1 saturated heterocycles. The predicted molar refractivity (Wildman–Crippen MR) is 82.8 cm³/mol. The third-order valence-corrected chi connectivity index (χ3v) is 4.11. The average Bonchev–Trinajstić information content (AvgIpc) is 3.18. The van der Waals surface area contributed by atoms with E-state index in [1.807, 2.05) is 0 Å². The molecule has 2 nitrogen and oxygen atoms in total. The van der Waals surface area contributed by atoms with Gasteiger partial charge in [-0.3, -0.25) is 0 Å². The Kier molecular flexibility index (Phi) is 14.6. The van der Waals surface area contributed by atoms with E-state index in [2.05, 4.69) is 14.1 Å². The Balaban J connectivity index is 0.00000361. The Morgan fingerprint density at radius 3 is 1.55 bits per heavy atom. The van der Waals surface area contributed by atoms with Crippen LogP contribution in [0.5, 0.6) is 0 Å². The molecule has 0 aromatic heterocycles. The molecule has 0 aromatic carbocycles. The second-order valence-electron chi connectivity index (χ2n) is 6.59. The molecule has 0 amide bonds. The van der Waals surface area contributed by atoms with Crippen LogP contribution in [0.3, 0.4) is 0 Å². The van der Waals surface area contributed by atoms with Crippen LogP contribution in [0.15, 0.2) is 0 Å². The number of ether oxygens (including phenoxy) is 1. The van der Waals surface area contributed by atoms with E-state index in [0.29, 0.717) is 6.10 Å². The van der Waals surface area contributed by atoms with Crippen LogP contribution in [-0.4, -0.2) is 33.4 Å². The van der Waals surface area contributed by atoms with Crippen LogP contribution in [0, 0.1) is 0 Å². The van der Waals surface area contributed by atoms with Crippen LogP contribution in [-0.2, 0) is 4.74 Å². The van der Waals surface area contributed by atoms with Gasteiger partial charge in [0.15, 0.2) is 0 Å². The summed E-state index contributed by atoms with van der Waals surface area (Å²) in [7, 11) is 4.50. The maximum Gasteiger partial charge on any atom is 0.0810 e. The first-order valence-electron chi connectivity index (χ1n) is 8.69. The number of hydrogen-bond donors (Lipinski definition) is 1. The van der Waals surface area contributed by atoms with Crippen molar-refractivity contribution < 1.29 is 26.6 Å². The van der Waals surface area contributed by atoms with Crippen LogP contribution in [0.2, 0.25) is 0 Å². The maximum atomic E-state index is 5.22. The number of nitrogens with one attached hydrogen (secondary N) is 1. The topological polar surface area (TPSA) is 17.0 Å². The summed E-state index contributed by atoms with van der Waals surface area (Å²) in [5.41, 5.74) is 0. The first-order chi connectivity index (χ1) is 9.29. The van der Waals surface area contributed by atoms with Gasteiger partial charge < -0.3 is 26.6 Å². The summed E-state index contributed by atoms with van der Waals surface area (Å²) in [5.74, 6) is 0. The van der Waals surface area contributed by atoms with E-state index in [1.165, 1.54) is 83.6 Å². The van der Waals surface area contributed by atoms with Crippen molar-refractivity contribution >= 4 is 0 Å². The minimum absolute atomic E-state index is 0. The number of quaternary nitrogens is 1. The Morgan fingerprint density at radius 2 is 1.15 bits per heavy atom. The monoisotopic (exact) mass is 349 g/mol. The van der Waals surface area contributed by atoms with Crippen LogP contribution in [0.1, 0.15) is 77.0 Å². The van der Waals surface area contributed by atoms with Crippen molar-refractivity contribution in [3.63, 3.8) is 0 Å². The van der Waals surface area contributed by atoms with Gasteiger partial charge >= 0.3 is 0 Å². The third-order valence-electron chi connectivity index (χ3n) is 4.11. The second-order valence-corrected chi connectivity index (χ2v) is 6.59. The van der Waals surface area contributed by atoms with Crippen molar-refractivity contribution in [2.24, 2.45) is 0 Å². The highest BCUT2D eigenvalue weighted by Crippen LogP contribution is 2.18. The minimum Gasteiger partial charge on any atom is -1.00 e. The molecule has 3 heteroatoms. The molecule has 1 aliphatic heterocycles. The summed E-state index contributed by atoms with van der Waals surface area (Å²) < 4.78 is 5.22. The largest absolute Gasteiger partial charge is 1.00 e. The zero-order valence-corrected chi connectivity index (χ0v) is 15.3. The van der Waals surface area contributed by atoms with E-state index in [1.54, 1.807) is 4.90 Å². The molecule has 1 fully saturated rings. The molecule has 1 N–H and O–H groups in total. The summed E-state index contributed by atoms with van der Waals surface area (Å²) in [4.78, 5) is 1.59. The molecule has 0 aromatic rings. The fourth-order valence-corrected chi connectivity index (χ4v) is 2.68. The fraction of sp³-hybridized carbons (Fsp3) is 1.00. The van der Waals surface area contributed by atoms with Crippen molar-refractivity contribution in [1.29, 1.82) is 0 Å². The van der Waals surface area contributed by atoms with Gasteiger partial charge in [-0.15, -0.1) is 0 Å². The van der Waals surface area contributed by atoms with Crippen LogP contribution >= 0.6 is 0 Å². The van der Waals surface area contributed by atoms with E-state index in [0.717, 1.165) is 6.61 Å². The van der Waals surface area contributed by atoms with Gasteiger partial charge in [0, 0.05) is 0 Å². The molecule has 0 spiro atoms. The van der Waals surface area contributed by atoms with E-state index in [4.69, 9.17) is 4.74 Å². The Bertz CT molecular complexity index is 183. The molecule has 1 atom stereocenters. The molecule has 122 valence electrons. The predicted octanol–water partition coefficient (Wildman–Crippen LogP) is 0.215. The lowest BCUT2D eigenvalue weighted by Gasteiger charge is -2.06. The zero-order chi connectivity index (χ0) is 13.8. The molecule has 1 aliphatic rings. The smallest absolute Gasteiger partial charge is 0.0810 e. The van der Waals surface area contributed by atoms with Gasteiger partial charge in [-0.25, -0.2) is 0 Å². The SMILES string of the molecule is C[NH+](C)CCCCCCCCCCCCCC1CO1.[Br-]. The average molecular weight is 350 g/mol. The fourth-order valence-electron chi connectivity index (χ4n) is 2.68. The Hall–Kier alpha value is 0.400. The third kappa shape index (κ3) is 14.8. The summed E-state index contributed by atoms with van der Waals surface area (Å²) >= 11 is 0. The molecular weight excluding hydrogens is 314 g/mol. The van der Waals surface area contributed by atoms with Gasteiger partial charge in [0.25, 0.3) is 0 Å². The van der Waals surface area contributed by atoms with Gasteiger partial charge in [0.1, 0.15) is 0 Å². The van der Waals surface area contributed by atoms with Crippen molar-refractivity contribution in [2.75, 3.05) is 27.2 Å². The van der Waals surface area contributed by atoms with Gasteiger partial charge in [-0.1, -0.05) is 57.8 Å². The van der Waals surface area contributed by atoms with Crippen LogP contribution < -0.4 is 21.9 Å². The van der Waals surface area contributed by atoms with Crippen molar-refractivity contribution in [2.45, 2.75) is 83.2 Å². The molecule has 0 saturated carbocycles. The second kappa shape index (κ2) is 14.3. The highest BCUT2D eigenvalue weighted by atomic mass is 79.9. The van der Waals surface area contributed by atoms with Gasteiger partial charge in [-0.2, -0.15) is 0 Å². The molecule has 0 aliphatic carbocycles. The normalized spacial score (nSPS) is 17.2. The molecule has 1 rings (SSSR count). The summed E-state index contributed by atoms with van der Waals surface area (Å²) in [6.07, 6.45) is 17.8. The zero-order valence-electron chi connectivity index (χ0n) is 13.8. The summed E-state index contributed by atoms with van der Waals surface area (Å²) in [6.45, 7) is 2.38. The molecule has 1 unspecified atom stereocenters. The lowest BCUT2D eigenvalue weighted by molar-refractivity contribution is -0.858. The quantitative estimate of drug-likeness (QED) is 0.350. The van der Waals surface area contributed by atoms with Crippen LogP contribution in [0.25, 0.3) is 0 Å². The molecule has 1 heterocycles. The first-order valence-corrected chi connectivity index (χ1v) is 8.69. The number of unbranched alkanes of at least 4 members (excludes halogenated alkanes) is 10. The summed E-state index contributed by atoms with van der Waals surface area (Å²) in [5, 5.41) is 0. The number of hydrogen-bond acceptors (Lipinski definition) is 1.